The average molecular weight is 429 g/mol. The van der Waals surface area contributed by atoms with Gasteiger partial charge in [-0.25, -0.2) is 9.97 Å². The second-order valence-corrected chi connectivity index (χ2v) is 8.50. The van der Waals surface area contributed by atoms with Crippen LogP contribution in [0.1, 0.15) is 47.5 Å². The zero-order chi connectivity index (χ0) is 22.5. The van der Waals surface area contributed by atoms with Crippen LogP contribution in [0.2, 0.25) is 0 Å². The largest absolute Gasteiger partial charge is 0.353 e. The van der Waals surface area contributed by atoms with Crippen molar-refractivity contribution in [3.63, 3.8) is 0 Å². The van der Waals surface area contributed by atoms with Crippen molar-refractivity contribution < 1.29 is 4.79 Å². The van der Waals surface area contributed by atoms with E-state index in [1.165, 1.54) is 11.1 Å². The summed E-state index contributed by atoms with van der Waals surface area (Å²) in [6.45, 7) is 9.12. The number of anilines is 1. The van der Waals surface area contributed by atoms with Crippen LogP contribution >= 0.6 is 0 Å². The van der Waals surface area contributed by atoms with Crippen LogP contribution in [0.15, 0.2) is 60.7 Å². The number of benzene rings is 2. The third kappa shape index (κ3) is 4.82. The second-order valence-electron chi connectivity index (χ2n) is 8.50. The van der Waals surface area contributed by atoms with Gasteiger partial charge in [-0.15, -0.1) is 0 Å². The molecule has 1 fully saturated rings. The lowest BCUT2D eigenvalue weighted by Gasteiger charge is -2.38. The molecule has 3 aromatic rings. The number of amides is 1. The van der Waals surface area contributed by atoms with E-state index in [0.29, 0.717) is 0 Å². The number of hydrogen-bond donors (Lipinski definition) is 0. The van der Waals surface area contributed by atoms with Crippen LogP contribution in [0.5, 0.6) is 0 Å². The number of hydrogen-bond acceptors (Lipinski definition) is 4. The Morgan fingerprint density at radius 2 is 1.53 bits per heavy atom. The molecular formula is C27H32N4O. The summed E-state index contributed by atoms with van der Waals surface area (Å²) in [6, 6.07) is 20.6. The van der Waals surface area contributed by atoms with Crippen molar-refractivity contribution in [3.05, 3.63) is 88.9 Å². The van der Waals surface area contributed by atoms with Crippen LogP contribution in [-0.4, -0.2) is 47.0 Å². The Morgan fingerprint density at radius 1 is 0.906 bits per heavy atom. The quantitative estimate of drug-likeness (QED) is 0.579. The molecule has 2 heterocycles. The maximum atomic E-state index is 13.3. The van der Waals surface area contributed by atoms with E-state index in [1.54, 1.807) is 0 Å². The Morgan fingerprint density at radius 3 is 2.16 bits per heavy atom. The van der Waals surface area contributed by atoms with Gasteiger partial charge in [0.1, 0.15) is 11.6 Å². The highest BCUT2D eigenvalue weighted by Gasteiger charge is 2.29. The Balaban J connectivity index is 1.50. The number of carbonyl (C=O) groups excluding carboxylic acids is 1. The minimum absolute atomic E-state index is 0.0695. The van der Waals surface area contributed by atoms with E-state index in [0.717, 1.165) is 61.9 Å². The molecule has 5 nitrogen and oxygen atoms in total. The van der Waals surface area contributed by atoms with Gasteiger partial charge in [0.25, 0.3) is 0 Å². The summed E-state index contributed by atoms with van der Waals surface area (Å²) < 4.78 is 0. The summed E-state index contributed by atoms with van der Waals surface area (Å²) in [7, 11) is 0. The average Bonchev–Trinajstić information content (AvgIpc) is 2.82. The fourth-order valence-corrected chi connectivity index (χ4v) is 4.58. The predicted molar refractivity (Wildman–Crippen MR) is 129 cm³/mol. The standard InChI is InChI=1S/C27H32N4O/c1-4-24(23-13-9-6-10-14-23)27(32)31-17-15-30(16-18-31)26-25(20(2)28-21(3)29-26)19-22-11-7-5-8-12-22/h5-14,24H,4,15-19H2,1-3H3/t24-/m1/s1. The van der Waals surface area contributed by atoms with E-state index >= 15 is 0 Å². The summed E-state index contributed by atoms with van der Waals surface area (Å²) in [5.74, 6) is 1.97. The molecule has 0 N–H and O–H groups in total. The topological polar surface area (TPSA) is 49.3 Å². The molecule has 5 heteroatoms. The number of aromatic nitrogens is 2. The molecule has 1 aromatic heterocycles. The Labute approximate surface area is 191 Å². The molecule has 4 rings (SSSR count). The van der Waals surface area contributed by atoms with Gasteiger partial charge in [0.05, 0.1) is 5.92 Å². The van der Waals surface area contributed by atoms with Crippen LogP contribution in [0.4, 0.5) is 5.82 Å². The van der Waals surface area contributed by atoms with Gasteiger partial charge in [-0.05, 0) is 31.4 Å². The molecule has 0 aliphatic carbocycles. The number of aryl methyl sites for hydroxylation is 2. The lowest BCUT2D eigenvalue weighted by atomic mass is 9.94. The molecule has 2 aromatic carbocycles. The molecule has 1 amide bonds. The van der Waals surface area contributed by atoms with Crippen molar-refractivity contribution in [3.8, 4) is 0 Å². The van der Waals surface area contributed by atoms with Crippen LogP contribution in [0.3, 0.4) is 0 Å². The Kier molecular flexibility index (Phi) is 6.84. The number of rotatable bonds is 6. The molecule has 166 valence electrons. The summed E-state index contributed by atoms with van der Waals surface area (Å²) in [5, 5.41) is 0. The van der Waals surface area contributed by atoms with Gasteiger partial charge >= 0.3 is 0 Å². The van der Waals surface area contributed by atoms with Gasteiger partial charge in [0.2, 0.25) is 5.91 Å². The van der Waals surface area contributed by atoms with Gasteiger partial charge in [0, 0.05) is 43.9 Å². The Bertz CT molecular complexity index is 1040. The first kappa shape index (κ1) is 22.0. The van der Waals surface area contributed by atoms with Crippen molar-refractivity contribution in [2.24, 2.45) is 0 Å². The SMILES string of the molecule is CC[C@@H](C(=O)N1CCN(c2nc(C)nc(C)c2Cc2ccccc2)CC1)c1ccccc1. The monoisotopic (exact) mass is 428 g/mol. The minimum atomic E-state index is -0.0695. The highest BCUT2D eigenvalue weighted by Crippen LogP contribution is 2.27. The molecule has 1 aliphatic rings. The first-order valence-corrected chi connectivity index (χ1v) is 11.5. The van der Waals surface area contributed by atoms with E-state index < -0.39 is 0 Å². The molecule has 0 saturated carbocycles. The number of carbonyl (C=O) groups is 1. The van der Waals surface area contributed by atoms with Crippen LogP contribution in [-0.2, 0) is 11.2 Å². The van der Waals surface area contributed by atoms with Crippen molar-refractivity contribution in [1.82, 2.24) is 14.9 Å². The van der Waals surface area contributed by atoms with Crippen molar-refractivity contribution in [2.75, 3.05) is 31.1 Å². The third-order valence-corrected chi connectivity index (χ3v) is 6.33. The first-order chi connectivity index (χ1) is 15.6. The zero-order valence-electron chi connectivity index (χ0n) is 19.3. The summed E-state index contributed by atoms with van der Waals surface area (Å²) in [5.41, 5.74) is 4.57. The van der Waals surface area contributed by atoms with Gasteiger partial charge in [0.15, 0.2) is 0 Å². The summed E-state index contributed by atoms with van der Waals surface area (Å²) in [6.07, 6.45) is 1.63. The molecule has 0 bridgehead atoms. The molecule has 1 atom stereocenters. The van der Waals surface area contributed by atoms with Crippen molar-refractivity contribution in [2.45, 2.75) is 39.5 Å². The number of nitrogens with zero attached hydrogens (tertiary/aromatic N) is 4. The van der Waals surface area contributed by atoms with Gasteiger partial charge in [-0.3, -0.25) is 4.79 Å². The van der Waals surface area contributed by atoms with Crippen LogP contribution in [0, 0.1) is 13.8 Å². The first-order valence-electron chi connectivity index (χ1n) is 11.5. The molecule has 0 radical (unpaired) electrons. The highest BCUT2D eigenvalue weighted by atomic mass is 16.2. The lowest BCUT2D eigenvalue weighted by molar-refractivity contribution is -0.133. The summed E-state index contributed by atoms with van der Waals surface area (Å²) >= 11 is 0. The Hall–Kier alpha value is -3.21. The second kappa shape index (κ2) is 9.94. The molecule has 1 saturated heterocycles. The van der Waals surface area contributed by atoms with E-state index in [1.807, 2.05) is 36.1 Å². The zero-order valence-corrected chi connectivity index (χ0v) is 19.3. The fraction of sp³-hybridized carbons (Fsp3) is 0.370. The summed E-state index contributed by atoms with van der Waals surface area (Å²) in [4.78, 5) is 27.1. The molecule has 0 unspecified atom stereocenters. The number of piperazine rings is 1. The van der Waals surface area contributed by atoms with Gasteiger partial charge < -0.3 is 9.80 Å². The van der Waals surface area contributed by atoms with Crippen LogP contribution in [0.25, 0.3) is 0 Å². The molecule has 1 aliphatic heterocycles. The maximum Gasteiger partial charge on any atom is 0.230 e. The molecule has 0 spiro atoms. The van der Waals surface area contributed by atoms with E-state index in [4.69, 9.17) is 4.98 Å². The predicted octanol–water partition coefficient (Wildman–Crippen LogP) is 4.53. The lowest BCUT2D eigenvalue weighted by Crippen LogP contribution is -2.50. The van der Waals surface area contributed by atoms with Gasteiger partial charge in [-0.1, -0.05) is 67.6 Å². The smallest absolute Gasteiger partial charge is 0.230 e. The third-order valence-electron chi connectivity index (χ3n) is 6.33. The maximum absolute atomic E-state index is 13.3. The van der Waals surface area contributed by atoms with E-state index in [-0.39, 0.29) is 11.8 Å². The van der Waals surface area contributed by atoms with E-state index in [2.05, 4.69) is 60.1 Å². The molecular weight excluding hydrogens is 396 g/mol. The highest BCUT2D eigenvalue weighted by molar-refractivity contribution is 5.84. The van der Waals surface area contributed by atoms with Crippen LogP contribution < -0.4 is 4.90 Å². The van der Waals surface area contributed by atoms with Crippen molar-refractivity contribution >= 4 is 11.7 Å². The van der Waals surface area contributed by atoms with Gasteiger partial charge in [-0.2, -0.15) is 0 Å². The fourth-order valence-electron chi connectivity index (χ4n) is 4.58. The normalized spacial score (nSPS) is 15.0. The van der Waals surface area contributed by atoms with E-state index in [9.17, 15) is 4.79 Å². The minimum Gasteiger partial charge on any atom is -0.353 e. The molecule has 32 heavy (non-hydrogen) atoms. The van der Waals surface area contributed by atoms with Crippen molar-refractivity contribution in [1.29, 1.82) is 0 Å².